The molecule has 88 valence electrons. The summed E-state index contributed by atoms with van der Waals surface area (Å²) in [5.41, 5.74) is 0.946. The average molecular weight is 241 g/mol. The minimum atomic E-state index is -3.46. The van der Waals surface area contributed by atoms with Crippen molar-refractivity contribution in [3.05, 3.63) is 23.9 Å². The minimum absolute atomic E-state index is 0.0203. The van der Waals surface area contributed by atoms with Gasteiger partial charge in [-0.25, -0.2) is 18.1 Å². The van der Waals surface area contributed by atoms with Crippen LogP contribution in [0, 0.1) is 6.92 Å². The van der Waals surface area contributed by atoms with Gasteiger partial charge >= 0.3 is 0 Å². The first-order valence-corrected chi connectivity index (χ1v) is 6.72. The maximum atomic E-state index is 11.9. The zero-order valence-electron chi connectivity index (χ0n) is 9.10. The van der Waals surface area contributed by atoms with Crippen molar-refractivity contribution in [3.8, 4) is 0 Å². The number of pyridine rings is 1. The Bertz CT molecular complexity index is 449. The summed E-state index contributed by atoms with van der Waals surface area (Å²) in [6.45, 7) is 3.41. The molecule has 5 nitrogen and oxygen atoms in total. The van der Waals surface area contributed by atoms with Crippen LogP contribution >= 0.6 is 0 Å². The molecule has 16 heavy (non-hydrogen) atoms. The molecule has 0 amide bonds. The van der Waals surface area contributed by atoms with Gasteiger partial charge in [0.25, 0.3) is 10.0 Å². The van der Waals surface area contributed by atoms with E-state index in [-0.39, 0.29) is 11.1 Å². The molecule has 0 saturated carbocycles. The van der Waals surface area contributed by atoms with Crippen molar-refractivity contribution in [2.24, 2.45) is 0 Å². The van der Waals surface area contributed by atoms with E-state index in [1.807, 2.05) is 6.92 Å². The summed E-state index contributed by atoms with van der Waals surface area (Å²) in [6.07, 6.45) is 2.38. The van der Waals surface area contributed by atoms with Gasteiger partial charge in [-0.15, -0.1) is 0 Å². The summed E-state index contributed by atoms with van der Waals surface area (Å²) in [5, 5.41) is 3.20. The van der Waals surface area contributed by atoms with Gasteiger partial charge < -0.3 is 5.32 Å². The van der Waals surface area contributed by atoms with Gasteiger partial charge in [0.1, 0.15) is 0 Å². The minimum Gasteiger partial charge on any atom is -0.315 e. The van der Waals surface area contributed by atoms with Gasteiger partial charge in [0, 0.05) is 18.8 Å². The molecule has 1 saturated heterocycles. The van der Waals surface area contributed by atoms with E-state index in [1.54, 1.807) is 12.3 Å². The average Bonchev–Trinajstić information content (AvgIpc) is 2.70. The first-order valence-electron chi connectivity index (χ1n) is 5.24. The van der Waals surface area contributed by atoms with Crippen LogP contribution in [-0.2, 0) is 10.0 Å². The Labute approximate surface area is 95.3 Å². The van der Waals surface area contributed by atoms with E-state index in [9.17, 15) is 8.42 Å². The Kier molecular flexibility index (Phi) is 3.22. The predicted molar refractivity (Wildman–Crippen MR) is 60.6 cm³/mol. The monoisotopic (exact) mass is 241 g/mol. The third kappa shape index (κ3) is 2.58. The summed E-state index contributed by atoms with van der Waals surface area (Å²) < 4.78 is 26.4. The highest BCUT2D eigenvalue weighted by Gasteiger charge is 2.23. The Morgan fingerprint density at radius 1 is 1.50 bits per heavy atom. The Hall–Kier alpha value is -0.980. The van der Waals surface area contributed by atoms with Crippen LogP contribution < -0.4 is 10.0 Å². The second-order valence-electron chi connectivity index (χ2n) is 3.98. The fourth-order valence-electron chi connectivity index (χ4n) is 1.65. The van der Waals surface area contributed by atoms with E-state index in [4.69, 9.17) is 0 Å². The van der Waals surface area contributed by atoms with Crippen LogP contribution in [0.2, 0.25) is 0 Å². The Morgan fingerprint density at radius 3 is 2.88 bits per heavy atom. The Balaban J connectivity index is 2.14. The summed E-state index contributed by atoms with van der Waals surface area (Å²) in [7, 11) is -3.46. The molecule has 1 unspecified atom stereocenters. The molecule has 2 N–H and O–H groups in total. The lowest BCUT2D eigenvalue weighted by Crippen LogP contribution is -2.36. The molecule has 1 aliphatic rings. The zero-order valence-corrected chi connectivity index (χ0v) is 9.92. The summed E-state index contributed by atoms with van der Waals surface area (Å²) in [4.78, 5) is 3.92. The standard InChI is InChI=1S/C10H15N3O2S/c1-8-2-3-10(12-6-8)16(14,15)13-9-4-5-11-7-9/h2-3,6,9,11,13H,4-5,7H2,1H3. The highest BCUT2D eigenvalue weighted by Crippen LogP contribution is 2.08. The molecule has 1 aliphatic heterocycles. The molecule has 1 fully saturated rings. The van der Waals surface area contributed by atoms with Crippen molar-refractivity contribution >= 4 is 10.0 Å². The van der Waals surface area contributed by atoms with Crippen LogP contribution in [0.5, 0.6) is 0 Å². The van der Waals surface area contributed by atoms with Crippen LogP contribution in [0.4, 0.5) is 0 Å². The van der Waals surface area contributed by atoms with Crippen LogP contribution in [0.1, 0.15) is 12.0 Å². The van der Waals surface area contributed by atoms with Crippen molar-refractivity contribution in [1.29, 1.82) is 0 Å². The summed E-state index contributed by atoms with van der Waals surface area (Å²) >= 11 is 0. The number of hydrogen-bond donors (Lipinski definition) is 2. The van der Waals surface area contributed by atoms with E-state index < -0.39 is 10.0 Å². The van der Waals surface area contributed by atoms with Crippen molar-refractivity contribution in [2.45, 2.75) is 24.4 Å². The number of rotatable bonds is 3. The number of nitrogens with zero attached hydrogens (tertiary/aromatic N) is 1. The third-order valence-corrected chi connectivity index (χ3v) is 3.98. The van der Waals surface area contributed by atoms with E-state index in [0.29, 0.717) is 6.54 Å². The number of aromatic nitrogens is 1. The fourth-order valence-corrected chi connectivity index (χ4v) is 2.85. The molecule has 1 atom stereocenters. The molecule has 0 aliphatic carbocycles. The van der Waals surface area contributed by atoms with Gasteiger partial charge in [-0.3, -0.25) is 0 Å². The van der Waals surface area contributed by atoms with Gasteiger partial charge in [0.05, 0.1) is 0 Å². The highest BCUT2D eigenvalue weighted by atomic mass is 32.2. The first kappa shape index (κ1) is 11.5. The zero-order chi connectivity index (χ0) is 11.6. The van der Waals surface area contributed by atoms with E-state index in [2.05, 4.69) is 15.0 Å². The van der Waals surface area contributed by atoms with E-state index in [1.165, 1.54) is 6.07 Å². The maximum absolute atomic E-state index is 11.9. The largest absolute Gasteiger partial charge is 0.315 e. The van der Waals surface area contributed by atoms with E-state index in [0.717, 1.165) is 18.5 Å². The van der Waals surface area contributed by atoms with Crippen LogP contribution in [0.3, 0.4) is 0 Å². The maximum Gasteiger partial charge on any atom is 0.258 e. The van der Waals surface area contributed by atoms with Gasteiger partial charge in [0.2, 0.25) is 0 Å². The summed E-state index contributed by atoms with van der Waals surface area (Å²) in [6, 6.07) is 3.25. The van der Waals surface area contributed by atoms with Gasteiger partial charge in [-0.05, 0) is 31.5 Å². The molecule has 0 aromatic carbocycles. The van der Waals surface area contributed by atoms with Crippen LogP contribution in [-0.4, -0.2) is 32.5 Å². The third-order valence-electron chi connectivity index (χ3n) is 2.54. The molecular formula is C10H15N3O2S. The van der Waals surface area contributed by atoms with Crippen molar-refractivity contribution in [2.75, 3.05) is 13.1 Å². The molecule has 0 radical (unpaired) electrons. The lowest BCUT2D eigenvalue weighted by atomic mass is 10.3. The SMILES string of the molecule is Cc1ccc(S(=O)(=O)NC2CCNC2)nc1. The number of sulfonamides is 1. The second kappa shape index (κ2) is 4.48. The second-order valence-corrected chi connectivity index (χ2v) is 5.65. The number of hydrogen-bond acceptors (Lipinski definition) is 4. The van der Waals surface area contributed by atoms with Crippen molar-refractivity contribution in [1.82, 2.24) is 15.0 Å². The van der Waals surface area contributed by atoms with Gasteiger partial charge in [-0.1, -0.05) is 6.07 Å². The summed E-state index contributed by atoms with van der Waals surface area (Å²) in [5.74, 6) is 0. The van der Waals surface area contributed by atoms with Gasteiger partial charge in [-0.2, -0.15) is 0 Å². The molecule has 2 rings (SSSR count). The quantitative estimate of drug-likeness (QED) is 0.783. The lowest BCUT2D eigenvalue weighted by molar-refractivity contribution is 0.556. The smallest absolute Gasteiger partial charge is 0.258 e. The lowest BCUT2D eigenvalue weighted by Gasteiger charge is -2.11. The molecule has 2 heterocycles. The normalized spacial score (nSPS) is 21.2. The highest BCUT2D eigenvalue weighted by molar-refractivity contribution is 7.89. The van der Waals surface area contributed by atoms with Crippen molar-refractivity contribution < 1.29 is 8.42 Å². The first-order chi connectivity index (χ1) is 7.58. The molecule has 6 heteroatoms. The molecular weight excluding hydrogens is 226 g/mol. The predicted octanol–water partition coefficient (Wildman–Crippen LogP) is 0.0302. The topological polar surface area (TPSA) is 71.1 Å². The van der Waals surface area contributed by atoms with Gasteiger partial charge in [0.15, 0.2) is 5.03 Å². The van der Waals surface area contributed by atoms with Crippen LogP contribution in [0.15, 0.2) is 23.4 Å². The fraction of sp³-hybridized carbons (Fsp3) is 0.500. The number of nitrogens with one attached hydrogen (secondary N) is 2. The van der Waals surface area contributed by atoms with E-state index >= 15 is 0 Å². The number of aryl methyl sites for hydroxylation is 1. The molecule has 0 spiro atoms. The molecule has 1 aromatic rings. The molecule has 1 aromatic heterocycles. The van der Waals surface area contributed by atoms with Crippen LogP contribution in [0.25, 0.3) is 0 Å². The van der Waals surface area contributed by atoms with Crippen molar-refractivity contribution in [3.63, 3.8) is 0 Å². The molecule has 0 bridgehead atoms. The Morgan fingerprint density at radius 2 is 2.31 bits per heavy atom.